The van der Waals surface area contributed by atoms with Gasteiger partial charge in [-0.15, -0.1) is 0 Å². The minimum absolute atomic E-state index is 0.0254. The van der Waals surface area contributed by atoms with Crippen LogP contribution in [0, 0.1) is 6.92 Å². The Morgan fingerprint density at radius 1 is 1.10 bits per heavy atom. The number of anilines is 1. The molecule has 1 spiro atoms. The Balaban J connectivity index is 1.53. The fourth-order valence-electron chi connectivity index (χ4n) is 4.52. The summed E-state index contributed by atoms with van der Waals surface area (Å²) in [5, 5.41) is 9.36. The number of hydrogen-bond donors (Lipinski definition) is 1. The first-order valence-corrected chi connectivity index (χ1v) is 10.0. The standard InChI is InChI=1S/C24H24N2O4/c1-16-5-3-4-6-17(16)8-10-21(27)26-13-11-24(12-14-26)19-15-18(22(28)29)7-9-20(19)25(2)23(24)30/h3-10,15H,11-14H2,1-2H3,(H,28,29)/b10-8+. The number of aromatic carboxylic acids is 1. The van der Waals surface area contributed by atoms with E-state index in [2.05, 4.69) is 0 Å². The van der Waals surface area contributed by atoms with E-state index in [9.17, 15) is 19.5 Å². The van der Waals surface area contributed by atoms with E-state index in [-0.39, 0.29) is 17.4 Å². The van der Waals surface area contributed by atoms with Crippen molar-refractivity contribution in [3.8, 4) is 0 Å². The van der Waals surface area contributed by atoms with Gasteiger partial charge in [0.05, 0.1) is 11.0 Å². The molecule has 2 aromatic rings. The number of carboxylic acid groups (broad SMARTS) is 1. The zero-order valence-corrected chi connectivity index (χ0v) is 17.1. The van der Waals surface area contributed by atoms with Gasteiger partial charge in [-0.3, -0.25) is 9.59 Å². The average Bonchev–Trinajstić information content (AvgIpc) is 2.95. The number of carbonyl (C=O) groups is 3. The molecule has 6 nitrogen and oxygen atoms in total. The normalized spacial score (nSPS) is 17.6. The summed E-state index contributed by atoms with van der Waals surface area (Å²) >= 11 is 0. The number of carboxylic acids is 1. The number of benzene rings is 2. The molecule has 0 aliphatic carbocycles. The molecule has 0 saturated carbocycles. The lowest BCUT2D eigenvalue weighted by Crippen LogP contribution is -2.49. The van der Waals surface area contributed by atoms with E-state index in [1.54, 1.807) is 35.1 Å². The van der Waals surface area contributed by atoms with Crippen LogP contribution in [0.3, 0.4) is 0 Å². The number of rotatable bonds is 3. The monoisotopic (exact) mass is 404 g/mol. The minimum Gasteiger partial charge on any atom is -0.478 e. The molecule has 0 aromatic heterocycles. The van der Waals surface area contributed by atoms with Crippen LogP contribution in [0.15, 0.2) is 48.5 Å². The maximum absolute atomic E-state index is 13.1. The Hall–Kier alpha value is -3.41. The highest BCUT2D eigenvalue weighted by Gasteiger charge is 2.51. The van der Waals surface area contributed by atoms with Gasteiger partial charge in [-0.25, -0.2) is 4.79 Å². The number of likely N-dealkylation sites (tertiary alicyclic amines) is 1. The van der Waals surface area contributed by atoms with Crippen LogP contribution in [-0.2, 0) is 15.0 Å². The highest BCUT2D eigenvalue weighted by atomic mass is 16.4. The molecule has 30 heavy (non-hydrogen) atoms. The van der Waals surface area contributed by atoms with Crippen molar-refractivity contribution in [1.29, 1.82) is 0 Å². The van der Waals surface area contributed by atoms with Crippen LogP contribution in [0.25, 0.3) is 6.08 Å². The molecule has 0 bridgehead atoms. The lowest BCUT2D eigenvalue weighted by Gasteiger charge is -2.38. The molecule has 2 aromatic carbocycles. The van der Waals surface area contributed by atoms with E-state index in [4.69, 9.17) is 0 Å². The highest BCUT2D eigenvalue weighted by Crippen LogP contribution is 2.47. The number of aryl methyl sites for hydroxylation is 1. The first-order valence-electron chi connectivity index (χ1n) is 10.0. The predicted octanol–water partition coefficient (Wildman–Crippen LogP) is 3.24. The summed E-state index contributed by atoms with van der Waals surface area (Å²) in [4.78, 5) is 40.6. The van der Waals surface area contributed by atoms with E-state index < -0.39 is 11.4 Å². The summed E-state index contributed by atoms with van der Waals surface area (Å²) in [6.07, 6.45) is 4.37. The molecular weight excluding hydrogens is 380 g/mol. The second-order valence-corrected chi connectivity index (χ2v) is 8.00. The van der Waals surface area contributed by atoms with Crippen molar-refractivity contribution in [2.75, 3.05) is 25.0 Å². The van der Waals surface area contributed by atoms with Gasteiger partial charge in [-0.2, -0.15) is 0 Å². The van der Waals surface area contributed by atoms with Crippen LogP contribution in [0.1, 0.15) is 39.9 Å². The fraction of sp³-hybridized carbons (Fsp3) is 0.292. The smallest absolute Gasteiger partial charge is 0.335 e. The second kappa shape index (κ2) is 7.44. The largest absolute Gasteiger partial charge is 0.478 e. The summed E-state index contributed by atoms with van der Waals surface area (Å²) in [6.45, 7) is 2.90. The summed E-state index contributed by atoms with van der Waals surface area (Å²) in [5.74, 6) is -1.11. The predicted molar refractivity (Wildman–Crippen MR) is 115 cm³/mol. The van der Waals surface area contributed by atoms with Crippen molar-refractivity contribution < 1.29 is 19.5 Å². The number of amides is 2. The number of likely N-dealkylation sites (N-methyl/N-ethyl adjacent to an activating group) is 1. The fourth-order valence-corrected chi connectivity index (χ4v) is 4.52. The van der Waals surface area contributed by atoms with Gasteiger partial charge in [0.1, 0.15) is 0 Å². The molecular formula is C24H24N2O4. The molecule has 2 aliphatic rings. The Bertz CT molecular complexity index is 1060. The Morgan fingerprint density at radius 3 is 2.47 bits per heavy atom. The number of carbonyl (C=O) groups excluding carboxylic acids is 2. The summed E-state index contributed by atoms with van der Waals surface area (Å²) < 4.78 is 0. The van der Waals surface area contributed by atoms with Crippen LogP contribution in [-0.4, -0.2) is 47.9 Å². The summed E-state index contributed by atoms with van der Waals surface area (Å²) in [6, 6.07) is 12.7. The molecule has 1 fully saturated rings. The zero-order valence-electron chi connectivity index (χ0n) is 17.1. The van der Waals surface area contributed by atoms with Gasteiger partial charge in [-0.1, -0.05) is 24.3 Å². The summed E-state index contributed by atoms with van der Waals surface area (Å²) in [5.41, 5.74) is 3.04. The van der Waals surface area contributed by atoms with Crippen molar-refractivity contribution in [1.82, 2.24) is 4.90 Å². The van der Waals surface area contributed by atoms with Crippen molar-refractivity contribution >= 4 is 29.5 Å². The molecule has 1 N–H and O–H groups in total. The van der Waals surface area contributed by atoms with E-state index >= 15 is 0 Å². The van der Waals surface area contributed by atoms with Crippen LogP contribution in [0.5, 0.6) is 0 Å². The SMILES string of the molecule is Cc1ccccc1/C=C/C(=O)N1CCC2(CC1)C(=O)N(C)c1ccc(C(=O)O)cc12. The minimum atomic E-state index is -1.01. The third-order valence-corrected chi connectivity index (χ3v) is 6.36. The molecule has 0 atom stereocenters. The van der Waals surface area contributed by atoms with Gasteiger partial charge in [-0.05, 0) is 60.7 Å². The Labute approximate surface area is 175 Å². The number of piperidine rings is 1. The van der Waals surface area contributed by atoms with Crippen LogP contribution < -0.4 is 4.90 Å². The molecule has 0 unspecified atom stereocenters. The van der Waals surface area contributed by atoms with Gasteiger partial charge in [0.15, 0.2) is 0 Å². The first kappa shape index (κ1) is 19.9. The molecule has 6 heteroatoms. The van der Waals surface area contributed by atoms with Crippen molar-refractivity contribution in [3.05, 3.63) is 70.8 Å². The number of hydrogen-bond acceptors (Lipinski definition) is 3. The Kier molecular flexibility index (Phi) is 4.94. The van der Waals surface area contributed by atoms with Gasteiger partial charge in [0.2, 0.25) is 11.8 Å². The lowest BCUT2D eigenvalue weighted by atomic mass is 9.73. The van der Waals surface area contributed by atoms with Crippen molar-refractivity contribution in [3.63, 3.8) is 0 Å². The summed E-state index contributed by atoms with van der Waals surface area (Å²) in [7, 11) is 1.72. The highest BCUT2D eigenvalue weighted by molar-refractivity contribution is 6.08. The molecule has 0 radical (unpaired) electrons. The van der Waals surface area contributed by atoms with E-state index in [0.29, 0.717) is 25.9 Å². The first-order chi connectivity index (χ1) is 14.3. The third-order valence-electron chi connectivity index (χ3n) is 6.36. The van der Waals surface area contributed by atoms with Gasteiger partial charge >= 0.3 is 5.97 Å². The van der Waals surface area contributed by atoms with E-state index in [0.717, 1.165) is 22.4 Å². The quantitative estimate of drug-likeness (QED) is 0.797. The van der Waals surface area contributed by atoms with Gasteiger partial charge in [0, 0.05) is 31.9 Å². The maximum atomic E-state index is 13.1. The number of fused-ring (bicyclic) bond motifs is 2. The molecule has 154 valence electrons. The van der Waals surface area contributed by atoms with Crippen LogP contribution in [0.2, 0.25) is 0 Å². The molecule has 1 saturated heterocycles. The lowest BCUT2D eigenvalue weighted by molar-refractivity contribution is -0.131. The van der Waals surface area contributed by atoms with Gasteiger partial charge in [0.25, 0.3) is 0 Å². The van der Waals surface area contributed by atoms with Crippen LogP contribution in [0.4, 0.5) is 5.69 Å². The van der Waals surface area contributed by atoms with Crippen LogP contribution >= 0.6 is 0 Å². The van der Waals surface area contributed by atoms with Crippen molar-refractivity contribution in [2.45, 2.75) is 25.2 Å². The Morgan fingerprint density at radius 2 is 1.80 bits per heavy atom. The molecule has 2 heterocycles. The van der Waals surface area contributed by atoms with E-state index in [1.165, 1.54) is 6.07 Å². The maximum Gasteiger partial charge on any atom is 0.335 e. The zero-order chi connectivity index (χ0) is 21.5. The molecule has 2 amide bonds. The van der Waals surface area contributed by atoms with E-state index in [1.807, 2.05) is 37.3 Å². The molecule has 2 aliphatic heterocycles. The third kappa shape index (κ3) is 3.18. The average molecular weight is 404 g/mol. The second-order valence-electron chi connectivity index (χ2n) is 8.00. The molecule has 4 rings (SSSR count). The number of nitrogens with zero attached hydrogens (tertiary/aromatic N) is 2. The topological polar surface area (TPSA) is 77.9 Å². The van der Waals surface area contributed by atoms with Crippen molar-refractivity contribution in [2.24, 2.45) is 0 Å². The van der Waals surface area contributed by atoms with Gasteiger partial charge < -0.3 is 14.9 Å².